The highest BCUT2D eigenvalue weighted by molar-refractivity contribution is 5.79. The fraction of sp³-hybridized carbons (Fsp3) is 0.300. The summed E-state index contributed by atoms with van der Waals surface area (Å²) >= 11 is 0. The van der Waals surface area contributed by atoms with Gasteiger partial charge in [-0.25, -0.2) is 4.68 Å². The number of carbonyl (C=O) groups excluding carboxylic acids is 1. The summed E-state index contributed by atoms with van der Waals surface area (Å²) in [6.45, 7) is 3.84. The van der Waals surface area contributed by atoms with Gasteiger partial charge in [0.15, 0.2) is 12.1 Å². The van der Waals surface area contributed by atoms with Crippen LogP contribution in [0, 0.1) is 13.8 Å². The molecule has 0 aliphatic rings. The van der Waals surface area contributed by atoms with E-state index in [1.165, 1.54) is 0 Å². The van der Waals surface area contributed by atoms with Crippen molar-refractivity contribution in [1.29, 1.82) is 0 Å². The molecule has 0 aliphatic carbocycles. The Balaban J connectivity index is 2.62. The number of aromatic nitrogens is 4. The lowest BCUT2D eigenvalue weighted by atomic mass is 10.3. The Morgan fingerprint density at radius 1 is 1.33 bits per heavy atom. The fourth-order valence-corrected chi connectivity index (χ4v) is 1.59. The molecule has 0 aromatic carbocycles. The second kappa shape index (κ2) is 3.34. The third-order valence-electron chi connectivity index (χ3n) is 2.17. The number of hydrogen-bond acceptors (Lipinski definition) is 3. The van der Waals surface area contributed by atoms with Crippen LogP contribution in [0.3, 0.4) is 0 Å². The Labute approximate surface area is 87.3 Å². The van der Waals surface area contributed by atoms with Crippen molar-refractivity contribution < 1.29 is 4.79 Å². The second-order valence-electron chi connectivity index (χ2n) is 3.54. The zero-order valence-corrected chi connectivity index (χ0v) is 8.93. The topological polar surface area (TPSA) is 52.7 Å². The summed E-state index contributed by atoms with van der Waals surface area (Å²) in [7, 11) is 1.78. The number of aldehydes is 1. The summed E-state index contributed by atoms with van der Waals surface area (Å²) in [6, 6.07) is 1.95. The molecular formula is C10H12N4O. The minimum atomic E-state index is 0.545. The van der Waals surface area contributed by atoms with Crippen molar-refractivity contribution in [3.05, 3.63) is 29.2 Å². The van der Waals surface area contributed by atoms with E-state index in [-0.39, 0.29) is 0 Å². The molecule has 0 radical (unpaired) electrons. The minimum Gasteiger partial charge on any atom is -0.298 e. The second-order valence-corrected chi connectivity index (χ2v) is 3.54. The van der Waals surface area contributed by atoms with E-state index in [1.54, 1.807) is 22.6 Å². The van der Waals surface area contributed by atoms with Gasteiger partial charge < -0.3 is 0 Å². The van der Waals surface area contributed by atoms with Gasteiger partial charge in [-0.15, -0.1) is 0 Å². The van der Waals surface area contributed by atoms with Crippen LogP contribution in [0.5, 0.6) is 0 Å². The lowest BCUT2D eigenvalue weighted by molar-refractivity contribution is 0.112. The Kier molecular flexibility index (Phi) is 2.15. The molecule has 78 valence electrons. The van der Waals surface area contributed by atoms with Gasteiger partial charge in [-0.3, -0.25) is 9.48 Å². The van der Waals surface area contributed by atoms with E-state index in [2.05, 4.69) is 10.2 Å². The summed E-state index contributed by atoms with van der Waals surface area (Å²) in [4.78, 5) is 10.8. The first kappa shape index (κ1) is 9.64. The summed E-state index contributed by atoms with van der Waals surface area (Å²) in [5.41, 5.74) is 2.42. The maximum atomic E-state index is 10.8. The maximum absolute atomic E-state index is 10.8. The number of rotatable bonds is 2. The Morgan fingerprint density at radius 2 is 2.07 bits per heavy atom. The monoisotopic (exact) mass is 204 g/mol. The highest BCUT2D eigenvalue weighted by Gasteiger charge is 2.12. The normalized spacial score (nSPS) is 10.6. The zero-order valence-electron chi connectivity index (χ0n) is 8.93. The minimum absolute atomic E-state index is 0.545. The Morgan fingerprint density at radius 3 is 2.60 bits per heavy atom. The van der Waals surface area contributed by atoms with Crippen LogP contribution in [0.4, 0.5) is 0 Å². The van der Waals surface area contributed by atoms with Crippen LogP contribution in [0.2, 0.25) is 0 Å². The van der Waals surface area contributed by atoms with Crippen molar-refractivity contribution in [1.82, 2.24) is 19.6 Å². The van der Waals surface area contributed by atoms with Gasteiger partial charge in [0.1, 0.15) is 0 Å². The molecule has 2 aromatic heterocycles. The molecule has 5 heteroatoms. The molecule has 5 nitrogen and oxygen atoms in total. The average molecular weight is 204 g/mol. The van der Waals surface area contributed by atoms with Crippen LogP contribution in [0.25, 0.3) is 5.82 Å². The molecule has 0 aliphatic heterocycles. The van der Waals surface area contributed by atoms with E-state index < -0.39 is 0 Å². The van der Waals surface area contributed by atoms with Crippen molar-refractivity contribution in [2.45, 2.75) is 13.8 Å². The first-order valence-electron chi connectivity index (χ1n) is 4.64. The van der Waals surface area contributed by atoms with E-state index in [1.807, 2.05) is 19.9 Å². The molecule has 15 heavy (non-hydrogen) atoms. The molecule has 0 unspecified atom stereocenters. The van der Waals surface area contributed by atoms with Crippen LogP contribution in [-0.4, -0.2) is 25.8 Å². The maximum Gasteiger partial charge on any atom is 0.185 e. The van der Waals surface area contributed by atoms with Crippen LogP contribution in [0.1, 0.15) is 21.7 Å². The molecule has 0 amide bonds. The standard InChI is InChI=1S/C10H12N4O/c1-7-4-8(2)14(11-7)10-9(6-15)5-13(3)12-10/h4-6H,1-3H3. The largest absolute Gasteiger partial charge is 0.298 e. The molecule has 2 heterocycles. The smallest absolute Gasteiger partial charge is 0.185 e. The van der Waals surface area contributed by atoms with Gasteiger partial charge in [-0.1, -0.05) is 0 Å². The van der Waals surface area contributed by atoms with Crippen molar-refractivity contribution in [2.24, 2.45) is 7.05 Å². The fourth-order valence-electron chi connectivity index (χ4n) is 1.59. The predicted molar refractivity (Wildman–Crippen MR) is 55.2 cm³/mol. The quantitative estimate of drug-likeness (QED) is 0.687. The zero-order chi connectivity index (χ0) is 11.0. The lowest BCUT2D eigenvalue weighted by Gasteiger charge is -1.99. The van der Waals surface area contributed by atoms with Crippen LogP contribution in [0.15, 0.2) is 12.3 Å². The van der Waals surface area contributed by atoms with Gasteiger partial charge in [-0.2, -0.15) is 10.2 Å². The summed E-state index contributed by atoms with van der Waals surface area (Å²) in [5.74, 6) is 0.582. The van der Waals surface area contributed by atoms with Crippen LogP contribution in [-0.2, 0) is 7.05 Å². The third kappa shape index (κ3) is 1.56. The first-order valence-corrected chi connectivity index (χ1v) is 4.64. The molecule has 0 fully saturated rings. The summed E-state index contributed by atoms with van der Waals surface area (Å²) in [5, 5.41) is 8.50. The molecule has 0 bridgehead atoms. The van der Waals surface area contributed by atoms with E-state index in [0.717, 1.165) is 17.7 Å². The molecule has 0 spiro atoms. The Hall–Kier alpha value is -1.91. The number of aryl methyl sites for hydroxylation is 3. The average Bonchev–Trinajstić information content (AvgIpc) is 2.69. The number of carbonyl (C=O) groups is 1. The van der Waals surface area contributed by atoms with E-state index >= 15 is 0 Å². The van der Waals surface area contributed by atoms with Gasteiger partial charge in [0, 0.05) is 18.9 Å². The molecule has 2 aromatic rings. The lowest BCUT2D eigenvalue weighted by Crippen LogP contribution is -2.03. The number of nitrogens with zero attached hydrogens (tertiary/aromatic N) is 4. The molecule has 2 rings (SSSR count). The van der Waals surface area contributed by atoms with Gasteiger partial charge in [0.2, 0.25) is 0 Å². The number of hydrogen-bond donors (Lipinski definition) is 0. The highest BCUT2D eigenvalue weighted by atomic mass is 16.1. The SMILES string of the molecule is Cc1cc(C)n(-c2nn(C)cc2C=O)n1. The summed E-state index contributed by atoms with van der Waals surface area (Å²) < 4.78 is 3.29. The molecule has 0 atom stereocenters. The van der Waals surface area contributed by atoms with Crippen molar-refractivity contribution in [2.75, 3.05) is 0 Å². The Bertz CT molecular complexity index is 509. The van der Waals surface area contributed by atoms with Crippen molar-refractivity contribution in [3.63, 3.8) is 0 Å². The van der Waals surface area contributed by atoms with E-state index in [9.17, 15) is 4.79 Å². The first-order chi connectivity index (χ1) is 7.11. The van der Waals surface area contributed by atoms with Crippen molar-refractivity contribution in [3.8, 4) is 5.82 Å². The predicted octanol–water partition coefficient (Wildman–Crippen LogP) is 1.04. The van der Waals surface area contributed by atoms with Crippen LogP contribution >= 0.6 is 0 Å². The molecule has 0 saturated heterocycles. The van der Waals surface area contributed by atoms with Gasteiger partial charge >= 0.3 is 0 Å². The van der Waals surface area contributed by atoms with Crippen molar-refractivity contribution >= 4 is 6.29 Å². The molecular weight excluding hydrogens is 192 g/mol. The van der Waals surface area contributed by atoms with Gasteiger partial charge in [0.25, 0.3) is 0 Å². The van der Waals surface area contributed by atoms with Gasteiger partial charge in [0.05, 0.1) is 11.3 Å². The highest BCUT2D eigenvalue weighted by Crippen LogP contribution is 2.13. The van der Waals surface area contributed by atoms with E-state index in [0.29, 0.717) is 11.4 Å². The molecule has 0 saturated carbocycles. The summed E-state index contributed by atoms with van der Waals surface area (Å²) in [6.07, 6.45) is 2.47. The third-order valence-corrected chi connectivity index (χ3v) is 2.17. The van der Waals surface area contributed by atoms with Gasteiger partial charge in [-0.05, 0) is 19.9 Å². The molecule has 0 N–H and O–H groups in total. The van der Waals surface area contributed by atoms with Crippen LogP contribution < -0.4 is 0 Å². The van der Waals surface area contributed by atoms with E-state index in [4.69, 9.17) is 0 Å².